The van der Waals surface area contributed by atoms with Gasteiger partial charge in [0.25, 0.3) is 5.91 Å². The maximum absolute atomic E-state index is 12.2. The summed E-state index contributed by atoms with van der Waals surface area (Å²) in [6, 6.07) is 8.41. The van der Waals surface area contributed by atoms with Gasteiger partial charge in [0.2, 0.25) is 0 Å². The predicted octanol–water partition coefficient (Wildman–Crippen LogP) is 4.16. The smallest absolute Gasteiger partial charge is 0.261 e. The second-order valence-electron chi connectivity index (χ2n) is 5.67. The Labute approximate surface area is 140 Å². The van der Waals surface area contributed by atoms with Crippen molar-refractivity contribution < 1.29 is 4.79 Å². The number of hydrogen-bond donors (Lipinski definition) is 1. The van der Waals surface area contributed by atoms with E-state index in [9.17, 15) is 4.79 Å². The van der Waals surface area contributed by atoms with E-state index in [0.717, 1.165) is 18.0 Å². The molecule has 0 aliphatic carbocycles. The highest BCUT2D eigenvalue weighted by Gasteiger charge is 2.23. The molecule has 0 radical (unpaired) electrons. The van der Waals surface area contributed by atoms with Gasteiger partial charge in [0, 0.05) is 11.4 Å². The van der Waals surface area contributed by atoms with Crippen LogP contribution >= 0.6 is 22.7 Å². The molecular weight excluding hydrogens is 312 g/mol. The Morgan fingerprint density at radius 2 is 1.82 bits per heavy atom. The van der Waals surface area contributed by atoms with Crippen molar-refractivity contribution in [3.05, 3.63) is 44.8 Å². The van der Waals surface area contributed by atoms with E-state index >= 15 is 0 Å². The molecule has 1 atom stereocenters. The summed E-state index contributed by atoms with van der Waals surface area (Å²) in [4.78, 5) is 16.9. The summed E-state index contributed by atoms with van der Waals surface area (Å²) >= 11 is 3.29. The van der Waals surface area contributed by atoms with E-state index in [1.54, 1.807) is 11.3 Å². The van der Waals surface area contributed by atoms with Gasteiger partial charge in [-0.05, 0) is 48.8 Å². The molecule has 1 unspecified atom stereocenters. The number of carbonyl (C=O) groups is 1. The predicted molar refractivity (Wildman–Crippen MR) is 93.8 cm³/mol. The molecule has 1 aliphatic rings. The number of carbonyl (C=O) groups excluding carboxylic acids is 1. The van der Waals surface area contributed by atoms with E-state index < -0.39 is 0 Å². The average Bonchev–Trinajstić information content (AvgIpc) is 3.18. The van der Waals surface area contributed by atoms with E-state index in [0.29, 0.717) is 12.6 Å². The Bertz CT molecular complexity index is 558. The van der Waals surface area contributed by atoms with E-state index in [4.69, 9.17) is 0 Å². The van der Waals surface area contributed by atoms with Crippen molar-refractivity contribution >= 4 is 28.6 Å². The largest absolute Gasteiger partial charge is 0.349 e. The number of nitrogens with one attached hydrogen (secondary N) is 1. The van der Waals surface area contributed by atoms with Crippen molar-refractivity contribution in [2.45, 2.75) is 31.7 Å². The minimum atomic E-state index is 0.0476. The van der Waals surface area contributed by atoms with Crippen LogP contribution in [0.5, 0.6) is 0 Å². The van der Waals surface area contributed by atoms with Crippen LogP contribution < -0.4 is 5.32 Å². The van der Waals surface area contributed by atoms with Crippen LogP contribution in [0.2, 0.25) is 0 Å². The van der Waals surface area contributed by atoms with Crippen molar-refractivity contribution in [1.29, 1.82) is 0 Å². The maximum Gasteiger partial charge on any atom is 0.261 e. The van der Waals surface area contributed by atoms with E-state index in [1.807, 2.05) is 17.5 Å². The van der Waals surface area contributed by atoms with Gasteiger partial charge in [-0.2, -0.15) is 0 Å². The topological polar surface area (TPSA) is 32.3 Å². The Kier molecular flexibility index (Phi) is 5.64. The maximum atomic E-state index is 12.2. The number of rotatable bonds is 5. The third-order valence-electron chi connectivity index (χ3n) is 4.15. The first-order valence-electron chi connectivity index (χ1n) is 7.94. The molecule has 118 valence electrons. The van der Waals surface area contributed by atoms with Crippen molar-refractivity contribution in [2.24, 2.45) is 0 Å². The molecule has 1 amide bonds. The van der Waals surface area contributed by atoms with Gasteiger partial charge in [0.1, 0.15) is 0 Å². The molecule has 1 N–H and O–H groups in total. The van der Waals surface area contributed by atoms with Crippen molar-refractivity contribution in [3.8, 4) is 0 Å². The van der Waals surface area contributed by atoms with Crippen LogP contribution in [0, 0.1) is 0 Å². The second-order valence-corrected chi connectivity index (χ2v) is 7.60. The van der Waals surface area contributed by atoms with Crippen LogP contribution in [-0.2, 0) is 0 Å². The van der Waals surface area contributed by atoms with Gasteiger partial charge in [-0.25, -0.2) is 0 Å². The molecule has 3 nitrogen and oxygen atoms in total. The van der Waals surface area contributed by atoms with Crippen molar-refractivity contribution in [1.82, 2.24) is 10.2 Å². The zero-order valence-electron chi connectivity index (χ0n) is 12.7. The Morgan fingerprint density at radius 3 is 2.45 bits per heavy atom. The van der Waals surface area contributed by atoms with Crippen LogP contribution in [0.15, 0.2) is 35.0 Å². The summed E-state index contributed by atoms with van der Waals surface area (Å²) in [5, 5.41) is 7.20. The lowest BCUT2D eigenvalue weighted by Crippen LogP contribution is -2.38. The third kappa shape index (κ3) is 3.97. The highest BCUT2D eigenvalue weighted by atomic mass is 32.1. The average molecular weight is 335 g/mol. The van der Waals surface area contributed by atoms with E-state index in [2.05, 4.69) is 27.7 Å². The first-order valence-corrected chi connectivity index (χ1v) is 9.69. The number of nitrogens with zero attached hydrogens (tertiary/aromatic N) is 1. The van der Waals surface area contributed by atoms with E-state index in [1.165, 1.54) is 41.9 Å². The lowest BCUT2D eigenvalue weighted by molar-refractivity contribution is 0.0938. The standard InChI is InChI=1S/C17H22N2OS2/c20-17(16-8-6-12-22-16)18-13-14(15-7-5-11-21-15)19-9-3-1-2-4-10-19/h5-8,11-12,14H,1-4,9-10,13H2,(H,18,20). The van der Waals surface area contributed by atoms with Gasteiger partial charge in [-0.15, -0.1) is 22.7 Å². The van der Waals surface area contributed by atoms with Gasteiger partial charge in [0.05, 0.1) is 10.9 Å². The quantitative estimate of drug-likeness (QED) is 0.890. The molecule has 1 saturated heterocycles. The molecule has 0 bridgehead atoms. The fourth-order valence-electron chi connectivity index (χ4n) is 2.98. The fraction of sp³-hybridized carbons (Fsp3) is 0.471. The minimum absolute atomic E-state index is 0.0476. The van der Waals surface area contributed by atoms with Crippen molar-refractivity contribution in [2.75, 3.05) is 19.6 Å². The highest BCUT2D eigenvalue weighted by Crippen LogP contribution is 2.27. The summed E-state index contributed by atoms with van der Waals surface area (Å²) < 4.78 is 0. The molecule has 5 heteroatoms. The first-order chi connectivity index (χ1) is 10.8. The van der Waals surface area contributed by atoms with Crippen molar-refractivity contribution in [3.63, 3.8) is 0 Å². The number of thiophene rings is 2. The third-order valence-corrected chi connectivity index (χ3v) is 6.00. The molecule has 0 saturated carbocycles. The number of hydrogen-bond acceptors (Lipinski definition) is 4. The Hall–Kier alpha value is -1.17. The molecule has 2 aromatic rings. The molecule has 0 aromatic carbocycles. The van der Waals surface area contributed by atoms with Gasteiger partial charge in [-0.1, -0.05) is 25.0 Å². The lowest BCUT2D eigenvalue weighted by atomic mass is 10.2. The summed E-state index contributed by atoms with van der Waals surface area (Å²) in [6.45, 7) is 2.96. The molecule has 3 heterocycles. The SMILES string of the molecule is O=C(NCC(c1cccs1)N1CCCCCC1)c1cccs1. The van der Waals surface area contributed by atoms with Crippen LogP contribution in [0.3, 0.4) is 0 Å². The summed E-state index contributed by atoms with van der Waals surface area (Å²) in [5.74, 6) is 0.0476. The minimum Gasteiger partial charge on any atom is -0.349 e. The monoisotopic (exact) mass is 334 g/mol. The Morgan fingerprint density at radius 1 is 1.09 bits per heavy atom. The van der Waals surface area contributed by atoms with Gasteiger partial charge in [-0.3, -0.25) is 9.69 Å². The van der Waals surface area contributed by atoms with Crippen LogP contribution in [0.4, 0.5) is 0 Å². The van der Waals surface area contributed by atoms with Crippen LogP contribution in [0.25, 0.3) is 0 Å². The number of likely N-dealkylation sites (tertiary alicyclic amines) is 1. The zero-order valence-corrected chi connectivity index (χ0v) is 14.3. The normalized spacial score (nSPS) is 17.8. The zero-order chi connectivity index (χ0) is 15.2. The Balaban J connectivity index is 1.67. The summed E-state index contributed by atoms with van der Waals surface area (Å²) in [5.41, 5.74) is 0. The van der Waals surface area contributed by atoms with Gasteiger partial charge < -0.3 is 5.32 Å². The lowest BCUT2D eigenvalue weighted by Gasteiger charge is -2.30. The molecule has 2 aromatic heterocycles. The molecular formula is C17H22N2OS2. The first kappa shape index (κ1) is 15.7. The molecule has 22 heavy (non-hydrogen) atoms. The second kappa shape index (κ2) is 7.90. The molecule has 0 spiro atoms. The summed E-state index contributed by atoms with van der Waals surface area (Å²) in [6.07, 6.45) is 5.19. The van der Waals surface area contributed by atoms with Crippen LogP contribution in [-0.4, -0.2) is 30.4 Å². The van der Waals surface area contributed by atoms with Crippen LogP contribution in [0.1, 0.15) is 46.3 Å². The fourth-order valence-corrected chi connectivity index (χ4v) is 4.48. The van der Waals surface area contributed by atoms with Gasteiger partial charge >= 0.3 is 0 Å². The highest BCUT2D eigenvalue weighted by molar-refractivity contribution is 7.12. The number of amides is 1. The molecule has 1 fully saturated rings. The van der Waals surface area contributed by atoms with E-state index in [-0.39, 0.29) is 5.91 Å². The summed E-state index contributed by atoms with van der Waals surface area (Å²) in [7, 11) is 0. The molecule has 1 aliphatic heterocycles. The molecule has 3 rings (SSSR count). The van der Waals surface area contributed by atoms with Gasteiger partial charge in [0.15, 0.2) is 0 Å².